The molecule has 2 aromatic carbocycles. The Labute approximate surface area is 98.7 Å². The van der Waals surface area contributed by atoms with Gasteiger partial charge in [-0.15, -0.1) is 10.2 Å². The number of hydrogen-bond acceptors (Lipinski definition) is 3. The van der Waals surface area contributed by atoms with Crippen molar-refractivity contribution >= 4 is 0 Å². The van der Waals surface area contributed by atoms with E-state index in [1.165, 1.54) is 17.5 Å². The van der Waals surface area contributed by atoms with Gasteiger partial charge in [0.05, 0.1) is 0 Å². The number of rotatable bonds is 2. The van der Waals surface area contributed by atoms with E-state index in [4.69, 9.17) is 4.42 Å². The summed E-state index contributed by atoms with van der Waals surface area (Å²) in [6.07, 6.45) is 1.33. The first-order valence-electron chi connectivity index (χ1n) is 5.35. The lowest BCUT2D eigenvalue weighted by molar-refractivity contribution is 0.568. The first kappa shape index (κ1) is 9.78. The SMILES string of the molecule is c1ccc(-c2ccc(-c3nnco3)cc2)cc1. The topological polar surface area (TPSA) is 38.9 Å². The Morgan fingerprint density at radius 3 is 2.00 bits per heavy atom. The Balaban J connectivity index is 1.96. The van der Waals surface area contributed by atoms with Crippen molar-refractivity contribution in [2.24, 2.45) is 0 Å². The van der Waals surface area contributed by atoms with Crippen LogP contribution in [0, 0.1) is 0 Å². The van der Waals surface area contributed by atoms with Crippen LogP contribution in [0.25, 0.3) is 22.6 Å². The Morgan fingerprint density at radius 1 is 0.706 bits per heavy atom. The predicted molar refractivity (Wildman–Crippen MR) is 65.2 cm³/mol. The fraction of sp³-hybridized carbons (Fsp3) is 0. The van der Waals surface area contributed by atoms with E-state index in [-0.39, 0.29) is 0 Å². The lowest BCUT2D eigenvalue weighted by Crippen LogP contribution is -1.80. The van der Waals surface area contributed by atoms with Gasteiger partial charge in [-0.1, -0.05) is 42.5 Å². The molecule has 0 saturated heterocycles. The summed E-state index contributed by atoms with van der Waals surface area (Å²) in [6.45, 7) is 0. The zero-order valence-corrected chi connectivity index (χ0v) is 9.08. The second-order valence-corrected chi connectivity index (χ2v) is 3.69. The van der Waals surface area contributed by atoms with E-state index < -0.39 is 0 Å². The minimum atomic E-state index is 0.546. The molecule has 17 heavy (non-hydrogen) atoms. The van der Waals surface area contributed by atoms with Crippen molar-refractivity contribution < 1.29 is 4.42 Å². The van der Waals surface area contributed by atoms with Crippen LogP contribution in [0.4, 0.5) is 0 Å². The number of aromatic nitrogens is 2. The summed E-state index contributed by atoms with van der Waals surface area (Å²) in [5, 5.41) is 7.53. The van der Waals surface area contributed by atoms with Gasteiger partial charge in [-0.25, -0.2) is 0 Å². The summed E-state index contributed by atoms with van der Waals surface area (Å²) in [7, 11) is 0. The van der Waals surface area contributed by atoms with Crippen molar-refractivity contribution in [2.45, 2.75) is 0 Å². The summed E-state index contributed by atoms with van der Waals surface area (Å²) >= 11 is 0. The number of nitrogens with zero attached hydrogens (tertiary/aromatic N) is 2. The van der Waals surface area contributed by atoms with E-state index >= 15 is 0 Å². The predicted octanol–water partition coefficient (Wildman–Crippen LogP) is 3.40. The second kappa shape index (κ2) is 4.22. The molecule has 0 N–H and O–H groups in total. The van der Waals surface area contributed by atoms with Gasteiger partial charge in [0.2, 0.25) is 12.3 Å². The van der Waals surface area contributed by atoms with Gasteiger partial charge >= 0.3 is 0 Å². The highest BCUT2D eigenvalue weighted by atomic mass is 16.4. The molecule has 0 atom stereocenters. The van der Waals surface area contributed by atoms with E-state index in [1.807, 2.05) is 30.3 Å². The normalized spacial score (nSPS) is 10.4. The van der Waals surface area contributed by atoms with Gasteiger partial charge in [-0.05, 0) is 23.3 Å². The molecular formula is C14H10N2O. The van der Waals surface area contributed by atoms with Crippen molar-refractivity contribution in [3.8, 4) is 22.6 Å². The third-order valence-corrected chi connectivity index (χ3v) is 2.60. The molecule has 0 fully saturated rings. The fourth-order valence-corrected chi connectivity index (χ4v) is 1.73. The van der Waals surface area contributed by atoms with Crippen LogP contribution in [0.1, 0.15) is 0 Å². The molecule has 82 valence electrons. The van der Waals surface area contributed by atoms with Crippen LogP contribution in [-0.4, -0.2) is 10.2 Å². The van der Waals surface area contributed by atoms with Crippen molar-refractivity contribution in [2.75, 3.05) is 0 Å². The van der Waals surface area contributed by atoms with E-state index in [2.05, 4.69) is 34.5 Å². The largest absolute Gasteiger partial charge is 0.423 e. The standard InChI is InChI=1S/C14H10N2O/c1-2-4-11(5-3-1)12-6-8-13(9-7-12)14-16-15-10-17-14/h1-10H. The quantitative estimate of drug-likeness (QED) is 0.667. The van der Waals surface area contributed by atoms with Crippen LogP contribution in [0.2, 0.25) is 0 Å². The highest BCUT2D eigenvalue weighted by Crippen LogP contribution is 2.23. The van der Waals surface area contributed by atoms with E-state index in [0.717, 1.165) is 5.56 Å². The Kier molecular flexibility index (Phi) is 2.43. The molecule has 3 nitrogen and oxygen atoms in total. The third kappa shape index (κ3) is 1.95. The molecule has 3 heteroatoms. The van der Waals surface area contributed by atoms with Crippen LogP contribution in [0.5, 0.6) is 0 Å². The Hall–Kier alpha value is -2.42. The van der Waals surface area contributed by atoms with Gasteiger partial charge in [-0.2, -0.15) is 0 Å². The van der Waals surface area contributed by atoms with E-state index in [0.29, 0.717) is 5.89 Å². The van der Waals surface area contributed by atoms with Crippen molar-refractivity contribution in [3.05, 3.63) is 61.0 Å². The lowest BCUT2D eigenvalue weighted by atomic mass is 10.0. The van der Waals surface area contributed by atoms with Gasteiger partial charge in [0, 0.05) is 5.56 Å². The molecule has 0 aliphatic carbocycles. The van der Waals surface area contributed by atoms with E-state index in [9.17, 15) is 0 Å². The molecule has 0 unspecified atom stereocenters. The van der Waals surface area contributed by atoms with Gasteiger partial charge < -0.3 is 4.42 Å². The van der Waals surface area contributed by atoms with Gasteiger partial charge in [0.1, 0.15) is 0 Å². The zero-order chi connectivity index (χ0) is 11.5. The monoisotopic (exact) mass is 222 g/mol. The smallest absolute Gasteiger partial charge is 0.247 e. The van der Waals surface area contributed by atoms with Crippen LogP contribution in [0.3, 0.4) is 0 Å². The van der Waals surface area contributed by atoms with Gasteiger partial charge in [0.25, 0.3) is 0 Å². The number of benzene rings is 2. The second-order valence-electron chi connectivity index (χ2n) is 3.69. The third-order valence-electron chi connectivity index (χ3n) is 2.60. The maximum Gasteiger partial charge on any atom is 0.247 e. The molecular weight excluding hydrogens is 212 g/mol. The molecule has 1 heterocycles. The van der Waals surface area contributed by atoms with Gasteiger partial charge in [0.15, 0.2) is 0 Å². The van der Waals surface area contributed by atoms with Crippen molar-refractivity contribution in [3.63, 3.8) is 0 Å². The minimum Gasteiger partial charge on any atom is -0.423 e. The molecule has 3 aromatic rings. The molecule has 0 aliphatic rings. The van der Waals surface area contributed by atoms with Crippen LogP contribution in [-0.2, 0) is 0 Å². The highest BCUT2D eigenvalue weighted by Gasteiger charge is 2.03. The maximum absolute atomic E-state index is 5.14. The fourth-order valence-electron chi connectivity index (χ4n) is 1.73. The maximum atomic E-state index is 5.14. The summed E-state index contributed by atoms with van der Waals surface area (Å²) in [6, 6.07) is 18.3. The zero-order valence-electron chi connectivity index (χ0n) is 9.08. The van der Waals surface area contributed by atoms with Gasteiger partial charge in [-0.3, -0.25) is 0 Å². The summed E-state index contributed by atoms with van der Waals surface area (Å²) in [5.74, 6) is 0.546. The van der Waals surface area contributed by atoms with E-state index in [1.54, 1.807) is 0 Å². The average Bonchev–Trinajstić information content (AvgIpc) is 2.94. The molecule has 0 saturated carbocycles. The summed E-state index contributed by atoms with van der Waals surface area (Å²) < 4.78 is 5.14. The minimum absolute atomic E-state index is 0.546. The molecule has 3 rings (SSSR count). The van der Waals surface area contributed by atoms with Crippen LogP contribution < -0.4 is 0 Å². The van der Waals surface area contributed by atoms with Crippen LogP contribution in [0.15, 0.2) is 65.4 Å². The first-order chi connectivity index (χ1) is 8.43. The summed E-state index contributed by atoms with van der Waals surface area (Å²) in [4.78, 5) is 0. The molecule has 0 amide bonds. The highest BCUT2D eigenvalue weighted by molar-refractivity contribution is 5.66. The molecule has 0 spiro atoms. The van der Waals surface area contributed by atoms with Crippen molar-refractivity contribution in [1.82, 2.24) is 10.2 Å². The molecule has 0 radical (unpaired) electrons. The molecule has 0 aliphatic heterocycles. The van der Waals surface area contributed by atoms with Crippen molar-refractivity contribution in [1.29, 1.82) is 0 Å². The van der Waals surface area contributed by atoms with Crippen LogP contribution >= 0.6 is 0 Å². The number of hydrogen-bond donors (Lipinski definition) is 0. The molecule has 1 aromatic heterocycles. The molecule has 0 bridgehead atoms. The Morgan fingerprint density at radius 2 is 1.35 bits per heavy atom. The Bertz CT molecular complexity index is 586. The first-order valence-corrected chi connectivity index (χ1v) is 5.35. The lowest BCUT2D eigenvalue weighted by Gasteiger charge is -2.01. The summed E-state index contributed by atoms with van der Waals surface area (Å²) in [5.41, 5.74) is 3.31. The average molecular weight is 222 g/mol.